The Hall–Kier alpha value is -2.74. The first-order valence-corrected chi connectivity index (χ1v) is 8.80. The minimum Gasteiger partial charge on any atom is -0.415 e. The van der Waals surface area contributed by atoms with Crippen LogP contribution in [0.3, 0.4) is 0 Å². The molecule has 3 aromatic rings. The molecule has 0 radical (unpaired) electrons. The summed E-state index contributed by atoms with van der Waals surface area (Å²) in [5, 5.41) is 0. The molecule has 0 aliphatic heterocycles. The van der Waals surface area contributed by atoms with E-state index in [0.29, 0.717) is 22.6 Å². The number of sulfone groups is 1. The van der Waals surface area contributed by atoms with Crippen LogP contribution >= 0.6 is 0 Å². The number of benzene rings is 1. The quantitative estimate of drug-likeness (QED) is 0.726. The molecule has 124 valence electrons. The first-order valence-electron chi connectivity index (χ1n) is 6.91. The molecule has 0 unspecified atom stereocenters. The van der Waals surface area contributed by atoms with E-state index < -0.39 is 26.3 Å². The molecule has 0 fully saturated rings. The van der Waals surface area contributed by atoms with E-state index in [1.165, 1.54) is 16.9 Å². The summed E-state index contributed by atoms with van der Waals surface area (Å²) in [6.45, 7) is 1.73. The van der Waals surface area contributed by atoms with Crippen molar-refractivity contribution in [1.82, 2.24) is 9.55 Å². The Balaban J connectivity index is 2.22. The molecule has 0 N–H and O–H groups in total. The molecule has 0 atom stereocenters. The zero-order valence-corrected chi connectivity index (χ0v) is 13.7. The molecule has 0 aliphatic carbocycles. The summed E-state index contributed by atoms with van der Waals surface area (Å²) < 4.78 is 43.4. The van der Waals surface area contributed by atoms with Crippen LogP contribution in [0, 0.1) is 12.7 Å². The van der Waals surface area contributed by atoms with Crippen molar-refractivity contribution in [3.8, 4) is 16.9 Å². The van der Waals surface area contributed by atoms with Gasteiger partial charge in [0.05, 0.1) is 17.1 Å². The summed E-state index contributed by atoms with van der Waals surface area (Å²) >= 11 is 0. The van der Waals surface area contributed by atoms with Gasteiger partial charge in [-0.1, -0.05) is 6.07 Å². The molecular weight excluding hydrogens is 335 g/mol. The molecule has 0 aliphatic rings. The van der Waals surface area contributed by atoms with Gasteiger partial charge >= 0.3 is 5.76 Å². The van der Waals surface area contributed by atoms with E-state index in [1.807, 2.05) is 0 Å². The molecule has 6 nitrogen and oxygen atoms in total. The summed E-state index contributed by atoms with van der Waals surface area (Å²) in [5.41, 5.74) is 1.71. The number of pyridine rings is 1. The van der Waals surface area contributed by atoms with Crippen molar-refractivity contribution in [2.75, 3.05) is 6.26 Å². The fourth-order valence-electron chi connectivity index (χ4n) is 2.41. The Morgan fingerprint density at radius 1 is 1.25 bits per heavy atom. The van der Waals surface area contributed by atoms with Gasteiger partial charge < -0.3 is 4.42 Å². The van der Waals surface area contributed by atoms with Gasteiger partial charge in [-0.25, -0.2) is 22.2 Å². The molecule has 2 heterocycles. The molecule has 0 spiro atoms. The zero-order chi connectivity index (χ0) is 17.5. The van der Waals surface area contributed by atoms with E-state index in [4.69, 9.17) is 4.42 Å². The number of halogens is 1. The lowest BCUT2D eigenvalue weighted by Gasteiger charge is -2.09. The molecule has 3 rings (SSSR count). The number of hydrogen-bond donors (Lipinski definition) is 0. The molecule has 24 heavy (non-hydrogen) atoms. The summed E-state index contributed by atoms with van der Waals surface area (Å²) in [6, 6.07) is 7.00. The van der Waals surface area contributed by atoms with Gasteiger partial charge in [0.1, 0.15) is 17.0 Å². The predicted molar refractivity (Wildman–Crippen MR) is 85.3 cm³/mol. The highest BCUT2D eigenvalue weighted by atomic mass is 32.2. The minimum absolute atomic E-state index is 0.301. The van der Waals surface area contributed by atoms with Gasteiger partial charge in [-0.15, -0.1) is 0 Å². The lowest BCUT2D eigenvalue weighted by molar-refractivity contribution is 0.503. The van der Waals surface area contributed by atoms with E-state index in [2.05, 4.69) is 4.98 Å². The Morgan fingerprint density at radius 3 is 2.62 bits per heavy atom. The smallest absolute Gasteiger partial charge is 0.415 e. The normalized spacial score (nSPS) is 11.6. The number of oxazole rings is 1. The lowest BCUT2D eigenvalue weighted by Crippen LogP contribution is -2.15. The van der Waals surface area contributed by atoms with Crippen LogP contribution in [0.5, 0.6) is 0 Å². The third-order valence-electron chi connectivity index (χ3n) is 3.54. The molecule has 2 aromatic heterocycles. The van der Waals surface area contributed by atoms with Crippen molar-refractivity contribution in [2.24, 2.45) is 0 Å². The van der Waals surface area contributed by atoms with Crippen LogP contribution in [0.4, 0.5) is 4.39 Å². The Kier molecular flexibility index (Phi) is 3.84. The average molecular weight is 348 g/mol. The fraction of sp³-hybridized carbons (Fsp3) is 0.125. The van der Waals surface area contributed by atoms with Crippen LogP contribution in [0.25, 0.3) is 16.9 Å². The van der Waals surface area contributed by atoms with Crippen LogP contribution in [0.2, 0.25) is 0 Å². The summed E-state index contributed by atoms with van der Waals surface area (Å²) in [4.78, 5) is 15.8. The summed E-state index contributed by atoms with van der Waals surface area (Å²) in [7, 11) is -3.67. The molecule has 0 saturated heterocycles. The number of rotatable bonds is 3. The lowest BCUT2D eigenvalue weighted by atomic mass is 10.1. The summed E-state index contributed by atoms with van der Waals surface area (Å²) in [6.07, 6.45) is 3.71. The van der Waals surface area contributed by atoms with Gasteiger partial charge in [0, 0.05) is 18.0 Å². The molecule has 0 bridgehead atoms. The Bertz CT molecular complexity index is 1080. The van der Waals surface area contributed by atoms with Gasteiger partial charge in [-0.3, -0.25) is 4.98 Å². The monoisotopic (exact) mass is 348 g/mol. The van der Waals surface area contributed by atoms with Crippen LogP contribution in [0.1, 0.15) is 5.69 Å². The zero-order valence-electron chi connectivity index (χ0n) is 12.9. The highest BCUT2D eigenvalue weighted by Crippen LogP contribution is 2.26. The van der Waals surface area contributed by atoms with Crippen molar-refractivity contribution < 1.29 is 17.2 Å². The SMILES string of the molecule is Cc1ncccc1-n1c(-c2ccc(S(C)(=O)=O)c(F)c2)coc1=O. The van der Waals surface area contributed by atoms with Gasteiger partial charge in [0.2, 0.25) is 0 Å². The second-order valence-corrected chi connectivity index (χ2v) is 7.23. The average Bonchev–Trinajstić information content (AvgIpc) is 2.88. The molecule has 8 heteroatoms. The second kappa shape index (κ2) is 5.72. The first-order chi connectivity index (χ1) is 11.3. The topological polar surface area (TPSA) is 82.2 Å². The molecule has 0 saturated carbocycles. The number of hydrogen-bond acceptors (Lipinski definition) is 5. The van der Waals surface area contributed by atoms with E-state index in [1.54, 1.807) is 25.3 Å². The van der Waals surface area contributed by atoms with Crippen molar-refractivity contribution >= 4 is 9.84 Å². The first kappa shape index (κ1) is 16.1. The highest BCUT2D eigenvalue weighted by Gasteiger charge is 2.18. The number of aryl methyl sites for hydroxylation is 1. The number of nitrogens with zero attached hydrogens (tertiary/aromatic N) is 2. The maximum atomic E-state index is 14.1. The second-order valence-electron chi connectivity index (χ2n) is 5.25. The highest BCUT2D eigenvalue weighted by molar-refractivity contribution is 7.90. The molecular formula is C16H13FN2O4S. The minimum atomic E-state index is -3.67. The van der Waals surface area contributed by atoms with Crippen molar-refractivity contribution in [2.45, 2.75) is 11.8 Å². The van der Waals surface area contributed by atoms with Crippen molar-refractivity contribution in [3.05, 3.63) is 64.9 Å². The van der Waals surface area contributed by atoms with Crippen LogP contribution in [-0.4, -0.2) is 24.2 Å². The van der Waals surface area contributed by atoms with E-state index in [-0.39, 0.29) is 0 Å². The van der Waals surface area contributed by atoms with Crippen molar-refractivity contribution in [1.29, 1.82) is 0 Å². The molecule has 1 aromatic carbocycles. The third kappa shape index (κ3) is 2.76. The van der Waals surface area contributed by atoms with Gasteiger partial charge in [0.15, 0.2) is 9.84 Å². The maximum Gasteiger partial charge on any atom is 0.424 e. The van der Waals surface area contributed by atoms with Crippen LogP contribution in [-0.2, 0) is 9.84 Å². The van der Waals surface area contributed by atoms with Gasteiger partial charge in [-0.05, 0) is 31.2 Å². The predicted octanol–water partition coefficient (Wildman–Crippen LogP) is 2.34. The third-order valence-corrected chi connectivity index (χ3v) is 4.67. The van der Waals surface area contributed by atoms with Crippen molar-refractivity contribution in [3.63, 3.8) is 0 Å². The van der Waals surface area contributed by atoms with Gasteiger partial charge in [-0.2, -0.15) is 0 Å². The Labute approximate surface area is 137 Å². The van der Waals surface area contributed by atoms with E-state index in [0.717, 1.165) is 18.4 Å². The largest absolute Gasteiger partial charge is 0.424 e. The van der Waals surface area contributed by atoms with Crippen LogP contribution in [0.15, 0.2) is 56.9 Å². The van der Waals surface area contributed by atoms with E-state index in [9.17, 15) is 17.6 Å². The fourth-order valence-corrected chi connectivity index (χ4v) is 3.14. The molecule has 0 amide bonds. The van der Waals surface area contributed by atoms with Gasteiger partial charge in [0.25, 0.3) is 0 Å². The standard InChI is InChI=1S/C16H13FN2O4S/c1-10-13(4-3-7-18-10)19-14(9-23-16(19)20)11-5-6-15(12(17)8-11)24(2,21)22/h3-9H,1-2H3. The maximum absolute atomic E-state index is 14.1. The summed E-state index contributed by atoms with van der Waals surface area (Å²) in [5.74, 6) is -1.54. The van der Waals surface area contributed by atoms with Crippen LogP contribution < -0.4 is 5.76 Å². The number of aromatic nitrogens is 2. The Morgan fingerprint density at radius 2 is 2.00 bits per heavy atom. The van der Waals surface area contributed by atoms with E-state index >= 15 is 0 Å².